The van der Waals surface area contributed by atoms with Crippen molar-refractivity contribution < 1.29 is 4.79 Å². The Bertz CT molecular complexity index is 578. The molecular formula is C18H22N2O. The van der Waals surface area contributed by atoms with Gasteiger partial charge in [0.05, 0.1) is 6.04 Å². The first-order valence-corrected chi connectivity index (χ1v) is 7.29. The summed E-state index contributed by atoms with van der Waals surface area (Å²) in [5.41, 5.74) is 9.18. The Balaban J connectivity index is 2.08. The minimum absolute atomic E-state index is 0.00661. The average Bonchev–Trinajstić information content (AvgIpc) is 2.53. The number of hydrogen-bond acceptors (Lipinski definition) is 2. The minimum Gasteiger partial charge on any atom is -0.348 e. The van der Waals surface area contributed by atoms with E-state index >= 15 is 0 Å². The third-order valence-electron chi connectivity index (χ3n) is 3.65. The van der Waals surface area contributed by atoms with E-state index in [9.17, 15) is 4.79 Å². The Labute approximate surface area is 126 Å². The van der Waals surface area contributed by atoms with Crippen molar-refractivity contribution in [1.29, 1.82) is 0 Å². The van der Waals surface area contributed by atoms with E-state index in [1.165, 1.54) is 5.56 Å². The number of rotatable bonds is 5. The number of nitrogens with one attached hydrogen (secondary N) is 1. The van der Waals surface area contributed by atoms with Crippen molar-refractivity contribution in [1.82, 2.24) is 5.32 Å². The van der Waals surface area contributed by atoms with E-state index in [2.05, 4.69) is 43.4 Å². The average molecular weight is 282 g/mol. The molecule has 2 aromatic rings. The summed E-state index contributed by atoms with van der Waals surface area (Å²) in [5.74, 6) is -0.145. The molecule has 0 bridgehead atoms. The van der Waals surface area contributed by atoms with Crippen LogP contribution in [0.2, 0.25) is 0 Å². The molecule has 21 heavy (non-hydrogen) atoms. The van der Waals surface area contributed by atoms with Crippen LogP contribution in [0.4, 0.5) is 0 Å². The lowest BCUT2D eigenvalue weighted by Gasteiger charge is -2.20. The van der Waals surface area contributed by atoms with Crippen LogP contribution in [0, 0.1) is 6.92 Å². The van der Waals surface area contributed by atoms with Gasteiger partial charge in [-0.3, -0.25) is 4.79 Å². The molecule has 2 rings (SSSR count). The zero-order chi connectivity index (χ0) is 15.2. The number of carbonyl (C=O) groups excluding carboxylic acids is 1. The molecule has 110 valence electrons. The van der Waals surface area contributed by atoms with Crippen LogP contribution >= 0.6 is 0 Å². The summed E-state index contributed by atoms with van der Waals surface area (Å²) < 4.78 is 0. The van der Waals surface area contributed by atoms with Crippen molar-refractivity contribution in [3.8, 4) is 0 Å². The third kappa shape index (κ3) is 3.92. The zero-order valence-corrected chi connectivity index (χ0v) is 12.5. The molecule has 0 aliphatic rings. The Morgan fingerprint density at radius 2 is 1.67 bits per heavy atom. The predicted molar refractivity (Wildman–Crippen MR) is 85.7 cm³/mol. The lowest BCUT2D eigenvalue weighted by atomic mass is 10.0. The SMILES string of the molecule is CCC(NC(=O)C(N)c1ccccc1)c1ccc(C)cc1. The maximum Gasteiger partial charge on any atom is 0.241 e. The first-order valence-electron chi connectivity index (χ1n) is 7.29. The Kier molecular flexibility index (Phi) is 5.12. The molecule has 2 unspecified atom stereocenters. The molecule has 0 heterocycles. The molecule has 0 spiro atoms. The van der Waals surface area contributed by atoms with Gasteiger partial charge >= 0.3 is 0 Å². The maximum atomic E-state index is 12.3. The molecule has 2 atom stereocenters. The molecular weight excluding hydrogens is 260 g/mol. The summed E-state index contributed by atoms with van der Waals surface area (Å²) in [6, 6.07) is 17.0. The van der Waals surface area contributed by atoms with Gasteiger partial charge in [-0.1, -0.05) is 67.1 Å². The highest BCUT2D eigenvalue weighted by Crippen LogP contribution is 2.19. The third-order valence-corrected chi connectivity index (χ3v) is 3.65. The molecule has 0 aliphatic heterocycles. The van der Waals surface area contributed by atoms with Crippen molar-refractivity contribution in [2.24, 2.45) is 5.73 Å². The molecule has 0 aromatic heterocycles. The smallest absolute Gasteiger partial charge is 0.241 e. The summed E-state index contributed by atoms with van der Waals surface area (Å²) in [7, 11) is 0. The van der Waals surface area contributed by atoms with Gasteiger partial charge in [-0.2, -0.15) is 0 Å². The largest absolute Gasteiger partial charge is 0.348 e. The predicted octanol–water partition coefficient (Wildman–Crippen LogP) is 3.26. The summed E-state index contributed by atoms with van der Waals surface area (Å²) in [6.07, 6.45) is 0.830. The van der Waals surface area contributed by atoms with Gasteiger partial charge in [0, 0.05) is 0 Å². The molecule has 0 fully saturated rings. The van der Waals surface area contributed by atoms with E-state index in [-0.39, 0.29) is 11.9 Å². The van der Waals surface area contributed by atoms with Gasteiger partial charge in [0.2, 0.25) is 5.91 Å². The number of hydrogen-bond donors (Lipinski definition) is 2. The van der Waals surface area contributed by atoms with Gasteiger partial charge in [0.25, 0.3) is 0 Å². The van der Waals surface area contributed by atoms with E-state index in [1.54, 1.807) is 0 Å². The zero-order valence-electron chi connectivity index (χ0n) is 12.5. The normalized spacial score (nSPS) is 13.5. The lowest BCUT2D eigenvalue weighted by molar-refractivity contribution is -0.123. The Morgan fingerprint density at radius 1 is 1.05 bits per heavy atom. The second-order valence-corrected chi connectivity index (χ2v) is 5.27. The van der Waals surface area contributed by atoms with Crippen LogP contribution in [-0.2, 0) is 4.79 Å². The molecule has 3 nitrogen and oxygen atoms in total. The highest BCUT2D eigenvalue weighted by Gasteiger charge is 2.19. The fraction of sp³-hybridized carbons (Fsp3) is 0.278. The van der Waals surface area contributed by atoms with Crippen LogP contribution in [-0.4, -0.2) is 5.91 Å². The number of benzene rings is 2. The number of amides is 1. The monoisotopic (exact) mass is 282 g/mol. The van der Waals surface area contributed by atoms with Gasteiger partial charge in [-0.05, 0) is 24.5 Å². The van der Waals surface area contributed by atoms with E-state index < -0.39 is 6.04 Å². The number of carbonyl (C=O) groups is 1. The first-order chi connectivity index (χ1) is 10.1. The van der Waals surface area contributed by atoms with Crippen molar-refractivity contribution in [3.63, 3.8) is 0 Å². The molecule has 3 heteroatoms. The van der Waals surface area contributed by atoms with E-state index in [0.29, 0.717) is 0 Å². The van der Waals surface area contributed by atoms with Crippen LogP contribution in [0.5, 0.6) is 0 Å². The minimum atomic E-state index is -0.634. The quantitative estimate of drug-likeness (QED) is 0.884. The second-order valence-electron chi connectivity index (χ2n) is 5.27. The standard InChI is InChI=1S/C18H22N2O/c1-3-16(14-11-9-13(2)10-12-14)20-18(21)17(19)15-7-5-4-6-8-15/h4-12,16-17H,3,19H2,1-2H3,(H,20,21). The summed E-state index contributed by atoms with van der Waals surface area (Å²) in [5, 5.41) is 3.04. The van der Waals surface area contributed by atoms with E-state index in [1.807, 2.05) is 30.3 Å². The van der Waals surface area contributed by atoms with Gasteiger partial charge in [-0.25, -0.2) is 0 Å². The highest BCUT2D eigenvalue weighted by atomic mass is 16.2. The Morgan fingerprint density at radius 3 is 2.24 bits per heavy atom. The Hall–Kier alpha value is -2.13. The van der Waals surface area contributed by atoms with Crippen molar-refractivity contribution in [2.45, 2.75) is 32.4 Å². The van der Waals surface area contributed by atoms with Crippen LogP contribution in [0.25, 0.3) is 0 Å². The second kappa shape index (κ2) is 7.04. The van der Waals surface area contributed by atoms with Crippen molar-refractivity contribution in [2.75, 3.05) is 0 Å². The number of aryl methyl sites for hydroxylation is 1. The first kappa shape index (κ1) is 15.3. The van der Waals surface area contributed by atoms with Gasteiger partial charge in [0.1, 0.15) is 6.04 Å². The van der Waals surface area contributed by atoms with E-state index in [0.717, 1.165) is 17.5 Å². The number of nitrogens with two attached hydrogens (primary N) is 1. The van der Waals surface area contributed by atoms with Crippen LogP contribution in [0.1, 0.15) is 42.1 Å². The van der Waals surface area contributed by atoms with Gasteiger partial charge < -0.3 is 11.1 Å². The molecule has 0 saturated carbocycles. The fourth-order valence-corrected chi connectivity index (χ4v) is 2.29. The molecule has 1 amide bonds. The molecule has 0 radical (unpaired) electrons. The topological polar surface area (TPSA) is 55.1 Å². The van der Waals surface area contributed by atoms with Crippen LogP contribution in [0.15, 0.2) is 54.6 Å². The maximum absolute atomic E-state index is 12.3. The van der Waals surface area contributed by atoms with Gasteiger partial charge in [0.15, 0.2) is 0 Å². The fourth-order valence-electron chi connectivity index (χ4n) is 2.29. The molecule has 2 aromatic carbocycles. The molecule has 0 aliphatic carbocycles. The summed E-state index contributed by atoms with van der Waals surface area (Å²) in [4.78, 5) is 12.3. The highest BCUT2D eigenvalue weighted by molar-refractivity contribution is 5.83. The van der Waals surface area contributed by atoms with Crippen LogP contribution < -0.4 is 11.1 Å². The summed E-state index contributed by atoms with van der Waals surface area (Å²) >= 11 is 0. The lowest BCUT2D eigenvalue weighted by Crippen LogP contribution is -2.36. The van der Waals surface area contributed by atoms with Gasteiger partial charge in [-0.15, -0.1) is 0 Å². The van der Waals surface area contributed by atoms with Crippen molar-refractivity contribution in [3.05, 3.63) is 71.3 Å². The van der Waals surface area contributed by atoms with E-state index in [4.69, 9.17) is 5.73 Å². The summed E-state index contributed by atoms with van der Waals surface area (Å²) in [6.45, 7) is 4.10. The van der Waals surface area contributed by atoms with Crippen molar-refractivity contribution >= 4 is 5.91 Å². The molecule has 3 N–H and O–H groups in total. The molecule has 0 saturated heterocycles. The van der Waals surface area contributed by atoms with Crippen LogP contribution in [0.3, 0.4) is 0 Å².